The Morgan fingerprint density at radius 1 is 1.00 bits per heavy atom. The third kappa shape index (κ3) is 2.54. The summed E-state index contributed by atoms with van der Waals surface area (Å²) in [5.74, 6) is 1.55. The molecule has 2 aliphatic heterocycles. The van der Waals surface area contributed by atoms with Crippen LogP contribution in [-0.4, -0.2) is 29.5 Å². The molecule has 106 valence electrons. The summed E-state index contributed by atoms with van der Waals surface area (Å²) in [5, 5.41) is 8.39. The van der Waals surface area contributed by atoms with Gasteiger partial charge in [-0.3, -0.25) is 0 Å². The van der Waals surface area contributed by atoms with Crippen LogP contribution in [0, 0.1) is 5.41 Å². The van der Waals surface area contributed by atoms with Crippen molar-refractivity contribution in [3.05, 3.63) is 11.8 Å². The predicted molar refractivity (Wildman–Crippen MR) is 68.8 cm³/mol. The lowest BCUT2D eigenvalue weighted by molar-refractivity contribution is 0.0163. The van der Waals surface area contributed by atoms with Crippen LogP contribution < -0.4 is 0 Å². The van der Waals surface area contributed by atoms with E-state index >= 15 is 0 Å². The molecule has 0 radical (unpaired) electrons. The number of hydrogen-bond donors (Lipinski definition) is 0. The standard InChI is InChI=1S/C14H22N2O3/c1-14(2,3)11-9(6-8-18-11)12-15-16-13(19-12)10-5-4-7-17-10/h9-11H,4-8H2,1-3H3/t9-,10+,11-/m0/s1. The summed E-state index contributed by atoms with van der Waals surface area (Å²) in [4.78, 5) is 0. The molecule has 0 N–H and O–H groups in total. The fraction of sp³-hybridized carbons (Fsp3) is 0.857. The molecule has 3 atom stereocenters. The average Bonchev–Trinajstić information content (AvgIpc) is 3.09. The summed E-state index contributed by atoms with van der Waals surface area (Å²) in [6.45, 7) is 8.12. The van der Waals surface area contributed by atoms with E-state index in [-0.39, 0.29) is 23.5 Å². The Morgan fingerprint density at radius 2 is 1.79 bits per heavy atom. The second kappa shape index (κ2) is 4.87. The van der Waals surface area contributed by atoms with Gasteiger partial charge in [-0.05, 0) is 24.7 Å². The van der Waals surface area contributed by atoms with Gasteiger partial charge in [-0.2, -0.15) is 0 Å². The van der Waals surface area contributed by atoms with Crippen molar-refractivity contribution in [3.63, 3.8) is 0 Å². The van der Waals surface area contributed by atoms with Gasteiger partial charge in [0.25, 0.3) is 0 Å². The number of ether oxygens (including phenoxy) is 2. The predicted octanol–water partition coefficient (Wildman–Crippen LogP) is 2.84. The largest absolute Gasteiger partial charge is 0.422 e. The fourth-order valence-corrected chi connectivity index (χ4v) is 2.99. The van der Waals surface area contributed by atoms with E-state index in [0.717, 1.165) is 32.5 Å². The molecule has 0 unspecified atom stereocenters. The lowest BCUT2D eigenvalue weighted by Gasteiger charge is -2.29. The Bertz CT molecular complexity index is 432. The average molecular weight is 266 g/mol. The zero-order chi connectivity index (χ0) is 13.5. The van der Waals surface area contributed by atoms with Crippen molar-refractivity contribution >= 4 is 0 Å². The number of aromatic nitrogens is 2. The van der Waals surface area contributed by atoms with Crippen LogP contribution >= 0.6 is 0 Å². The Balaban J connectivity index is 1.78. The minimum atomic E-state index is -0.00309. The first-order valence-corrected chi connectivity index (χ1v) is 7.12. The molecule has 0 amide bonds. The minimum Gasteiger partial charge on any atom is -0.422 e. The van der Waals surface area contributed by atoms with Crippen molar-refractivity contribution in [1.82, 2.24) is 10.2 Å². The minimum absolute atomic E-state index is 0.00309. The molecule has 3 heterocycles. The van der Waals surface area contributed by atoms with Gasteiger partial charge in [0.15, 0.2) is 0 Å². The zero-order valence-electron chi connectivity index (χ0n) is 11.9. The monoisotopic (exact) mass is 266 g/mol. The molecule has 0 saturated carbocycles. The van der Waals surface area contributed by atoms with Crippen LogP contribution in [0.25, 0.3) is 0 Å². The molecule has 0 bridgehead atoms. The third-order valence-electron chi connectivity index (χ3n) is 3.92. The van der Waals surface area contributed by atoms with Crippen LogP contribution in [-0.2, 0) is 9.47 Å². The molecule has 1 aromatic rings. The van der Waals surface area contributed by atoms with E-state index < -0.39 is 0 Å². The quantitative estimate of drug-likeness (QED) is 0.823. The molecular formula is C14H22N2O3. The second-order valence-electron chi connectivity index (χ2n) is 6.53. The van der Waals surface area contributed by atoms with Crippen LogP contribution in [0.4, 0.5) is 0 Å². The summed E-state index contributed by atoms with van der Waals surface area (Å²) in [6.07, 6.45) is 3.14. The van der Waals surface area contributed by atoms with Crippen LogP contribution in [0.2, 0.25) is 0 Å². The smallest absolute Gasteiger partial charge is 0.245 e. The van der Waals surface area contributed by atoms with Gasteiger partial charge in [-0.1, -0.05) is 20.8 Å². The Kier molecular flexibility index (Phi) is 3.35. The van der Waals surface area contributed by atoms with E-state index in [1.54, 1.807) is 0 Å². The maximum Gasteiger partial charge on any atom is 0.245 e. The number of hydrogen-bond acceptors (Lipinski definition) is 5. The lowest BCUT2D eigenvalue weighted by Crippen LogP contribution is -2.30. The molecule has 19 heavy (non-hydrogen) atoms. The highest BCUT2D eigenvalue weighted by molar-refractivity contribution is 5.03. The fourth-order valence-electron chi connectivity index (χ4n) is 2.99. The van der Waals surface area contributed by atoms with E-state index in [0.29, 0.717) is 11.8 Å². The normalized spacial score (nSPS) is 32.1. The maximum atomic E-state index is 5.86. The molecule has 3 rings (SSSR count). The summed E-state index contributed by atoms with van der Waals surface area (Å²) in [6, 6.07) is 0. The molecule has 5 heteroatoms. The van der Waals surface area contributed by atoms with Crippen molar-refractivity contribution in [1.29, 1.82) is 0 Å². The first-order chi connectivity index (χ1) is 9.05. The van der Waals surface area contributed by atoms with E-state index in [1.807, 2.05) is 0 Å². The number of nitrogens with zero attached hydrogens (tertiary/aromatic N) is 2. The first-order valence-electron chi connectivity index (χ1n) is 7.12. The van der Waals surface area contributed by atoms with Gasteiger partial charge in [-0.15, -0.1) is 10.2 Å². The van der Waals surface area contributed by atoms with Crippen molar-refractivity contribution in [2.45, 2.75) is 58.2 Å². The Hall–Kier alpha value is -0.940. The van der Waals surface area contributed by atoms with Crippen LogP contribution in [0.3, 0.4) is 0 Å². The van der Waals surface area contributed by atoms with Crippen molar-refractivity contribution in [2.24, 2.45) is 5.41 Å². The maximum absolute atomic E-state index is 5.86. The van der Waals surface area contributed by atoms with Gasteiger partial charge < -0.3 is 13.9 Å². The van der Waals surface area contributed by atoms with Crippen molar-refractivity contribution in [3.8, 4) is 0 Å². The van der Waals surface area contributed by atoms with Gasteiger partial charge in [0, 0.05) is 13.2 Å². The highest BCUT2D eigenvalue weighted by Gasteiger charge is 2.41. The van der Waals surface area contributed by atoms with Crippen LogP contribution in [0.15, 0.2) is 4.42 Å². The lowest BCUT2D eigenvalue weighted by atomic mass is 9.81. The third-order valence-corrected chi connectivity index (χ3v) is 3.92. The van der Waals surface area contributed by atoms with Crippen molar-refractivity contribution in [2.75, 3.05) is 13.2 Å². The highest BCUT2D eigenvalue weighted by Crippen LogP contribution is 2.41. The first kappa shape index (κ1) is 13.1. The van der Waals surface area contributed by atoms with Gasteiger partial charge in [-0.25, -0.2) is 0 Å². The summed E-state index contributed by atoms with van der Waals surface area (Å²) in [5.41, 5.74) is 0.0830. The van der Waals surface area contributed by atoms with Gasteiger partial charge >= 0.3 is 0 Å². The Morgan fingerprint density at radius 3 is 2.47 bits per heavy atom. The molecule has 2 fully saturated rings. The highest BCUT2D eigenvalue weighted by atomic mass is 16.5. The topological polar surface area (TPSA) is 57.4 Å². The summed E-state index contributed by atoms with van der Waals surface area (Å²) < 4.78 is 17.3. The van der Waals surface area contributed by atoms with E-state index in [4.69, 9.17) is 13.9 Å². The number of rotatable bonds is 2. The zero-order valence-corrected chi connectivity index (χ0v) is 11.9. The SMILES string of the molecule is CC(C)(C)[C@H]1OCC[C@@H]1c1nnc([C@H]2CCCO2)o1. The van der Waals surface area contributed by atoms with E-state index in [2.05, 4.69) is 31.0 Å². The molecule has 2 aliphatic rings. The molecular weight excluding hydrogens is 244 g/mol. The molecule has 2 saturated heterocycles. The molecule has 1 aromatic heterocycles. The van der Waals surface area contributed by atoms with Gasteiger partial charge in [0.1, 0.15) is 6.10 Å². The summed E-state index contributed by atoms with van der Waals surface area (Å²) >= 11 is 0. The van der Waals surface area contributed by atoms with Crippen LogP contribution in [0.1, 0.15) is 63.8 Å². The molecule has 0 aromatic carbocycles. The second-order valence-corrected chi connectivity index (χ2v) is 6.53. The molecule has 0 spiro atoms. The van der Waals surface area contributed by atoms with Crippen molar-refractivity contribution < 1.29 is 13.9 Å². The summed E-state index contributed by atoms with van der Waals surface area (Å²) in [7, 11) is 0. The Labute approximate surface area is 113 Å². The van der Waals surface area contributed by atoms with E-state index in [1.165, 1.54) is 0 Å². The molecule has 0 aliphatic carbocycles. The molecule has 5 nitrogen and oxygen atoms in total. The van der Waals surface area contributed by atoms with Gasteiger partial charge in [0.05, 0.1) is 12.0 Å². The van der Waals surface area contributed by atoms with Crippen LogP contribution in [0.5, 0.6) is 0 Å². The van der Waals surface area contributed by atoms with Gasteiger partial charge in [0.2, 0.25) is 11.8 Å². The van der Waals surface area contributed by atoms with E-state index in [9.17, 15) is 0 Å².